The Morgan fingerprint density at radius 1 is 1.03 bits per heavy atom. The topological polar surface area (TPSA) is 57.2 Å². The van der Waals surface area contributed by atoms with Crippen molar-refractivity contribution < 1.29 is 24.1 Å². The molecule has 1 saturated heterocycles. The average molecular weight is 405 g/mol. The summed E-state index contributed by atoms with van der Waals surface area (Å²) in [6, 6.07) is 7.78. The number of aliphatic hydroxyl groups is 1. The predicted molar refractivity (Wildman–Crippen MR) is 111 cm³/mol. The molecule has 0 radical (unpaired) electrons. The monoisotopic (exact) mass is 404 g/mol. The van der Waals surface area contributed by atoms with Crippen molar-refractivity contribution in [1.29, 1.82) is 0 Å². The van der Waals surface area contributed by atoms with Crippen molar-refractivity contribution in [1.82, 2.24) is 0 Å². The van der Waals surface area contributed by atoms with Crippen molar-refractivity contribution in [2.24, 2.45) is 16.2 Å². The molecule has 0 bridgehead atoms. The van der Waals surface area contributed by atoms with Gasteiger partial charge in [-0.1, -0.05) is 45.9 Å². The third-order valence-electron chi connectivity index (χ3n) is 7.59. The van der Waals surface area contributed by atoms with Crippen LogP contribution in [0.4, 0.5) is 0 Å². The van der Waals surface area contributed by atoms with Gasteiger partial charge in [0.1, 0.15) is 11.9 Å². The molecule has 1 aromatic rings. The van der Waals surface area contributed by atoms with Crippen LogP contribution in [0.5, 0.6) is 5.75 Å². The molecule has 3 aliphatic rings. The maximum absolute atomic E-state index is 10.0. The normalized spacial score (nSPS) is 36.1. The lowest BCUT2D eigenvalue weighted by Gasteiger charge is -2.42. The zero-order valence-electron chi connectivity index (χ0n) is 18.5. The van der Waals surface area contributed by atoms with Gasteiger partial charge < -0.3 is 24.1 Å². The zero-order valence-corrected chi connectivity index (χ0v) is 18.5. The summed E-state index contributed by atoms with van der Waals surface area (Å²) < 4.78 is 24.6. The molecule has 4 atom stereocenters. The number of aliphatic hydroxyl groups excluding tert-OH is 1. The minimum absolute atomic E-state index is 0.0600. The molecule has 1 N–H and O–H groups in total. The molecular weight excluding hydrogens is 368 g/mol. The van der Waals surface area contributed by atoms with E-state index in [2.05, 4.69) is 27.7 Å². The molecular formula is C24H36O5. The largest absolute Gasteiger partial charge is 0.496 e. The molecule has 0 amide bonds. The van der Waals surface area contributed by atoms with Gasteiger partial charge in [0.05, 0.1) is 33.0 Å². The molecule has 1 aromatic carbocycles. The summed E-state index contributed by atoms with van der Waals surface area (Å²) in [5, 5.41) is 10.0. The van der Waals surface area contributed by atoms with Gasteiger partial charge in [-0.25, -0.2) is 0 Å². The quantitative estimate of drug-likeness (QED) is 0.784. The van der Waals surface area contributed by atoms with Crippen LogP contribution in [0.1, 0.15) is 65.0 Å². The number of benzene rings is 1. The van der Waals surface area contributed by atoms with Crippen LogP contribution >= 0.6 is 0 Å². The molecule has 3 fully saturated rings. The van der Waals surface area contributed by atoms with E-state index in [0.717, 1.165) is 50.2 Å². The van der Waals surface area contributed by atoms with E-state index in [4.69, 9.17) is 18.9 Å². The van der Waals surface area contributed by atoms with Gasteiger partial charge in [-0.05, 0) is 29.7 Å². The van der Waals surface area contributed by atoms with Crippen LogP contribution < -0.4 is 4.74 Å². The van der Waals surface area contributed by atoms with Gasteiger partial charge in [0, 0.05) is 23.8 Å². The Labute approximate surface area is 174 Å². The standard InChI is InChI=1S/C24H36O5/c1-21(2)15-27-24(28-16-21)13-22(3)10-17(11-23(22,4)14-24)29-20(12-25)18-8-6-7-9-19(18)26-5/h6-9,17,20,25H,10-16H2,1-5H3/t17?,20?,22-,23+. The first-order valence-corrected chi connectivity index (χ1v) is 10.8. The molecule has 1 aliphatic heterocycles. The minimum atomic E-state index is -0.441. The van der Waals surface area contributed by atoms with Crippen LogP contribution in [0.3, 0.4) is 0 Å². The number of ether oxygens (including phenoxy) is 4. The molecule has 2 unspecified atom stereocenters. The second-order valence-corrected chi connectivity index (χ2v) is 10.7. The second-order valence-electron chi connectivity index (χ2n) is 10.7. The highest BCUT2D eigenvalue weighted by Gasteiger charge is 2.65. The van der Waals surface area contributed by atoms with Crippen LogP contribution in [0.2, 0.25) is 0 Å². The van der Waals surface area contributed by atoms with Crippen LogP contribution in [0, 0.1) is 16.2 Å². The lowest BCUT2D eigenvalue weighted by Crippen LogP contribution is -2.47. The fraction of sp³-hybridized carbons (Fsp3) is 0.750. The summed E-state index contributed by atoms with van der Waals surface area (Å²) in [5.74, 6) is 0.316. The van der Waals surface area contributed by atoms with E-state index in [0.29, 0.717) is 0 Å². The van der Waals surface area contributed by atoms with Crippen LogP contribution in [0.25, 0.3) is 0 Å². The molecule has 1 heterocycles. The number of fused-ring (bicyclic) bond motifs is 1. The zero-order chi connectivity index (χ0) is 20.9. The van der Waals surface area contributed by atoms with Gasteiger partial charge in [0.15, 0.2) is 5.79 Å². The summed E-state index contributed by atoms with van der Waals surface area (Å²) in [5.41, 5.74) is 1.18. The van der Waals surface area contributed by atoms with Gasteiger partial charge in [-0.15, -0.1) is 0 Å². The van der Waals surface area contributed by atoms with Crippen molar-refractivity contribution >= 4 is 0 Å². The molecule has 5 heteroatoms. The summed E-state index contributed by atoms with van der Waals surface area (Å²) in [6.07, 6.45) is 3.44. The molecule has 29 heavy (non-hydrogen) atoms. The molecule has 5 nitrogen and oxygen atoms in total. The van der Waals surface area contributed by atoms with E-state index >= 15 is 0 Å². The van der Waals surface area contributed by atoms with E-state index in [-0.39, 0.29) is 35.1 Å². The highest BCUT2D eigenvalue weighted by atomic mass is 16.7. The molecule has 1 spiro atoms. The van der Waals surface area contributed by atoms with Gasteiger partial charge in [0.25, 0.3) is 0 Å². The summed E-state index contributed by atoms with van der Waals surface area (Å²) in [7, 11) is 1.65. The number of rotatable bonds is 5. The fourth-order valence-corrected chi connectivity index (χ4v) is 5.81. The van der Waals surface area contributed by atoms with Crippen molar-refractivity contribution in [2.75, 3.05) is 26.9 Å². The van der Waals surface area contributed by atoms with E-state index in [1.54, 1.807) is 7.11 Å². The number of para-hydroxylation sites is 1. The van der Waals surface area contributed by atoms with Crippen molar-refractivity contribution in [3.63, 3.8) is 0 Å². The third kappa shape index (κ3) is 3.71. The molecule has 0 aromatic heterocycles. The highest BCUT2D eigenvalue weighted by molar-refractivity contribution is 5.35. The van der Waals surface area contributed by atoms with Crippen LogP contribution in [0.15, 0.2) is 24.3 Å². The summed E-state index contributed by atoms with van der Waals surface area (Å²) in [4.78, 5) is 0. The fourth-order valence-electron chi connectivity index (χ4n) is 5.81. The van der Waals surface area contributed by atoms with Crippen LogP contribution in [-0.4, -0.2) is 43.9 Å². The summed E-state index contributed by atoms with van der Waals surface area (Å²) >= 11 is 0. The van der Waals surface area contributed by atoms with E-state index < -0.39 is 5.79 Å². The molecule has 2 saturated carbocycles. The van der Waals surface area contributed by atoms with Crippen molar-refractivity contribution in [3.8, 4) is 5.75 Å². The van der Waals surface area contributed by atoms with E-state index in [1.165, 1.54) is 0 Å². The second kappa shape index (κ2) is 7.23. The van der Waals surface area contributed by atoms with Crippen molar-refractivity contribution in [2.45, 2.75) is 71.4 Å². The maximum atomic E-state index is 10.0. The molecule has 4 rings (SSSR count). The lowest BCUT2D eigenvalue weighted by atomic mass is 9.71. The molecule has 162 valence electrons. The van der Waals surface area contributed by atoms with Gasteiger partial charge in [-0.2, -0.15) is 0 Å². The first kappa shape index (κ1) is 21.1. The SMILES string of the molecule is COc1ccccc1C(CO)OC1C[C@@]2(C)CC3(C[C@@]2(C)C1)OCC(C)(C)CO3. The van der Waals surface area contributed by atoms with Crippen molar-refractivity contribution in [3.05, 3.63) is 29.8 Å². The summed E-state index contributed by atoms with van der Waals surface area (Å²) in [6.45, 7) is 10.5. The van der Waals surface area contributed by atoms with Crippen LogP contribution in [-0.2, 0) is 14.2 Å². The van der Waals surface area contributed by atoms with Gasteiger partial charge in [-0.3, -0.25) is 0 Å². The Morgan fingerprint density at radius 3 is 2.17 bits per heavy atom. The molecule has 2 aliphatic carbocycles. The number of hydrogen-bond acceptors (Lipinski definition) is 5. The Bertz CT molecular complexity index is 715. The van der Waals surface area contributed by atoms with Gasteiger partial charge >= 0.3 is 0 Å². The Balaban J connectivity index is 1.46. The van der Waals surface area contributed by atoms with Gasteiger partial charge in [0.2, 0.25) is 0 Å². The third-order valence-corrected chi connectivity index (χ3v) is 7.59. The van der Waals surface area contributed by atoms with E-state index in [9.17, 15) is 5.11 Å². The smallest absolute Gasteiger partial charge is 0.169 e. The Morgan fingerprint density at radius 2 is 1.62 bits per heavy atom. The Hall–Kier alpha value is -1.14. The highest BCUT2D eigenvalue weighted by Crippen LogP contribution is 2.67. The van der Waals surface area contributed by atoms with E-state index in [1.807, 2.05) is 24.3 Å². The minimum Gasteiger partial charge on any atom is -0.496 e. The lowest BCUT2D eigenvalue weighted by molar-refractivity contribution is -0.300. The number of hydrogen-bond donors (Lipinski definition) is 1. The number of methoxy groups -OCH3 is 1. The predicted octanol–water partition coefficient (Wildman–Crippen LogP) is 4.48. The maximum Gasteiger partial charge on any atom is 0.169 e. The average Bonchev–Trinajstić information content (AvgIpc) is 3.03. The Kier molecular flexibility index (Phi) is 5.26. The first-order chi connectivity index (χ1) is 13.6. The first-order valence-electron chi connectivity index (χ1n) is 10.8.